The standard InChI is InChI=1S/C16H22N4O2/c1-11(2)19-7-4-12(5-8-19)15-17-14-10-13(16(21)22-3)6-9-20(14)18-15/h6,9-12H,4-5,7-8H2,1-3H3. The molecule has 3 rings (SSSR count). The van der Waals surface area contributed by atoms with Gasteiger partial charge in [-0.15, -0.1) is 0 Å². The van der Waals surface area contributed by atoms with Crippen LogP contribution in [0, 0.1) is 0 Å². The van der Waals surface area contributed by atoms with Crippen molar-refractivity contribution in [3.63, 3.8) is 0 Å². The lowest BCUT2D eigenvalue weighted by Gasteiger charge is -2.33. The average Bonchev–Trinajstić information content (AvgIpc) is 2.97. The second kappa shape index (κ2) is 6.04. The Morgan fingerprint density at radius 2 is 2.09 bits per heavy atom. The summed E-state index contributed by atoms with van der Waals surface area (Å²) in [5.74, 6) is 0.930. The van der Waals surface area contributed by atoms with Crippen molar-refractivity contribution >= 4 is 11.6 Å². The minimum Gasteiger partial charge on any atom is -0.465 e. The smallest absolute Gasteiger partial charge is 0.338 e. The fraction of sp³-hybridized carbons (Fsp3) is 0.562. The summed E-state index contributed by atoms with van der Waals surface area (Å²) in [7, 11) is 1.38. The summed E-state index contributed by atoms with van der Waals surface area (Å²) in [5.41, 5.74) is 1.20. The summed E-state index contributed by atoms with van der Waals surface area (Å²) in [6, 6.07) is 4.03. The fourth-order valence-electron chi connectivity index (χ4n) is 2.99. The summed E-state index contributed by atoms with van der Waals surface area (Å²) in [6.45, 7) is 6.65. The topological polar surface area (TPSA) is 59.7 Å². The molecule has 3 heterocycles. The Labute approximate surface area is 130 Å². The largest absolute Gasteiger partial charge is 0.465 e. The molecule has 0 spiro atoms. The van der Waals surface area contributed by atoms with Crippen LogP contribution < -0.4 is 0 Å². The number of carbonyl (C=O) groups is 1. The Bertz CT molecular complexity index is 672. The van der Waals surface area contributed by atoms with E-state index in [1.165, 1.54) is 7.11 Å². The van der Waals surface area contributed by atoms with Gasteiger partial charge in [0.15, 0.2) is 11.5 Å². The van der Waals surface area contributed by atoms with Gasteiger partial charge in [0.25, 0.3) is 0 Å². The van der Waals surface area contributed by atoms with Crippen molar-refractivity contribution in [2.45, 2.75) is 38.6 Å². The number of carbonyl (C=O) groups excluding carboxylic acids is 1. The van der Waals surface area contributed by atoms with Crippen molar-refractivity contribution < 1.29 is 9.53 Å². The molecule has 2 aromatic heterocycles. The maximum absolute atomic E-state index is 11.6. The monoisotopic (exact) mass is 302 g/mol. The van der Waals surface area contributed by atoms with E-state index in [1.54, 1.807) is 22.8 Å². The van der Waals surface area contributed by atoms with Gasteiger partial charge in [-0.1, -0.05) is 0 Å². The summed E-state index contributed by atoms with van der Waals surface area (Å²) in [4.78, 5) is 18.7. The number of methoxy groups -OCH3 is 1. The van der Waals surface area contributed by atoms with Gasteiger partial charge >= 0.3 is 5.97 Å². The highest BCUT2D eigenvalue weighted by molar-refractivity contribution is 5.90. The summed E-state index contributed by atoms with van der Waals surface area (Å²) < 4.78 is 6.47. The van der Waals surface area contributed by atoms with Gasteiger partial charge < -0.3 is 9.64 Å². The minimum absolute atomic E-state index is 0.350. The van der Waals surface area contributed by atoms with Crippen LogP contribution in [0.25, 0.3) is 5.65 Å². The SMILES string of the molecule is COC(=O)c1ccn2nc(C3CCN(C(C)C)CC3)nc2c1. The number of ether oxygens (including phenoxy) is 1. The number of hydrogen-bond donors (Lipinski definition) is 0. The van der Waals surface area contributed by atoms with Gasteiger partial charge in [-0.3, -0.25) is 0 Å². The zero-order valence-corrected chi connectivity index (χ0v) is 13.3. The molecule has 1 aliphatic rings. The second-order valence-corrected chi connectivity index (χ2v) is 6.08. The predicted octanol–water partition coefficient (Wildman–Crippen LogP) is 2.10. The van der Waals surface area contributed by atoms with Crippen molar-refractivity contribution in [1.29, 1.82) is 0 Å². The van der Waals surface area contributed by atoms with E-state index in [-0.39, 0.29) is 5.97 Å². The average molecular weight is 302 g/mol. The van der Waals surface area contributed by atoms with Crippen molar-refractivity contribution in [1.82, 2.24) is 19.5 Å². The number of hydrogen-bond acceptors (Lipinski definition) is 5. The minimum atomic E-state index is -0.350. The Hall–Kier alpha value is -1.95. The fourth-order valence-corrected chi connectivity index (χ4v) is 2.99. The number of rotatable bonds is 3. The Morgan fingerprint density at radius 1 is 1.36 bits per heavy atom. The molecule has 0 saturated carbocycles. The van der Waals surface area contributed by atoms with Crippen LogP contribution in [0.15, 0.2) is 18.3 Å². The number of pyridine rings is 1. The molecule has 0 unspecified atom stereocenters. The molecule has 118 valence electrons. The first-order valence-corrected chi connectivity index (χ1v) is 7.77. The third-order valence-electron chi connectivity index (χ3n) is 4.40. The van der Waals surface area contributed by atoms with Gasteiger partial charge in [-0.2, -0.15) is 5.10 Å². The zero-order valence-electron chi connectivity index (χ0n) is 13.3. The van der Waals surface area contributed by atoms with Crippen molar-refractivity contribution in [2.24, 2.45) is 0 Å². The normalized spacial score (nSPS) is 17.3. The van der Waals surface area contributed by atoms with E-state index >= 15 is 0 Å². The highest BCUT2D eigenvalue weighted by atomic mass is 16.5. The maximum atomic E-state index is 11.6. The predicted molar refractivity (Wildman–Crippen MR) is 83.0 cm³/mol. The van der Waals surface area contributed by atoms with Crippen LogP contribution in [-0.4, -0.2) is 51.7 Å². The van der Waals surface area contributed by atoms with Crippen LogP contribution in [0.1, 0.15) is 48.8 Å². The molecule has 6 heteroatoms. The summed E-state index contributed by atoms with van der Waals surface area (Å²) >= 11 is 0. The van der Waals surface area contributed by atoms with E-state index in [4.69, 9.17) is 4.74 Å². The maximum Gasteiger partial charge on any atom is 0.338 e. The number of nitrogens with zero attached hydrogens (tertiary/aromatic N) is 4. The molecular weight excluding hydrogens is 280 g/mol. The van der Waals surface area contributed by atoms with Crippen LogP contribution >= 0.6 is 0 Å². The number of piperidine rings is 1. The first-order valence-electron chi connectivity index (χ1n) is 7.77. The molecule has 0 amide bonds. The first-order chi connectivity index (χ1) is 10.6. The number of esters is 1. The van der Waals surface area contributed by atoms with Crippen molar-refractivity contribution in [3.05, 3.63) is 29.7 Å². The molecule has 1 saturated heterocycles. The molecule has 2 aromatic rings. The van der Waals surface area contributed by atoms with Crippen LogP contribution in [-0.2, 0) is 4.74 Å². The summed E-state index contributed by atoms with van der Waals surface area (Å²) in [6.07, 6.45) is 3.93. The molecule has 0 atom stereocenters. The van der Waals surface area contributed by atoms with E-state index in [9.17, 15) is 4.79 Å². The third-order valence-corrected chi connectivity index (χ3v) is 4.40. The molecule has 0 bridgehead atoms. The molecule has 1 aliphatic heterocycles. The van der Waals surface area contributed by atoms with Gasteiger partial charge in [-0.25, -0.2) is 14.3 Å². The molecule has 0 aliphatic carbocycles. The first kappa shape index (κ1) is 15.0. The second-order valence-electron chi connectivity index (χ2n) is 6.08. The lowest BCUT2D eigenvalue weighted by molar-refractivity contribution is 0.0600. The Kier molecular flexibility index (Phi) is 4.11. The van der Waals surface area contributed by atoms with E-state index in [0.29, 0.717) is 23.2 Å². The Morgan fingerprint density at radius 3 is 2.73 bits per heavy atom. The molecular formula is C16H22N4O2. The van der Waals surface area contributed by atoms with Gasteiger partial charge in [-0.05, 0) is 51.9 Å². The quantitative estimate of drug-likeness (QED) is 0.813. The van der Waals surface area contributed by atoms with E-state index in [2.05, 4.69) is 28.8 Å². The number of likely N-dealkylation sites (tertiary alicyclic amines) is 1. The molecule has 0 radical (unpaired) electrons. The molecule has 6 nitrogen and oxygen atoms in total. The van der Waals surface area contributed by atoms with Gasteiger partial charge in [0.05, 0.1) is 12.7 Å². The van der Waals surface area contributed by atoms with E-state index in [0.717, 1.165) is 31.8 Å². The Balaban J connectivity index is 1.79. The van der Waals surface area contributed by atoms with Gasteiger partial charge in [0, 0.05) is 18.2 Å². The lowest BCUT2D eigenvalue weighted by Crippen LogP contribution is -2.38. The van der Waals surface area contributed by atoms with Crippen molar-refractivity contribution in [2.75, 3.05) is 20.2 Å². The number of fused-ring (bicyclic) bond motifs is 1. The molecule has 1 fully saturated rings. The highest BCUT2D eigenvalue weighted by Crippen LogP contribution is 2.27. The van der Waals surface area contributed by atoms with Gasteiger partial charge in [0.2, 0.25) is 0 Å². The molecule has 0 aromatic carbocycles. The van der Waals surface area contributed by atoms with E-state index in [1.807, 2.05) is 0 Å². The van der Waals surface area contributed by atoms with E-state index < -0.39 is 0 Å². The summed E-state index contributed by atoms with van der Waals surface area (Å²) in [5, 5.41) is 4.57. The lowest BCUT2D eigenvalue weighted by atomic mass is 9.95. The molecule has 0 N–H and O–H groups in total. The van der Waals surface area contributed by atoms with Gasteiger partial charge in [0.1, 0.15) is 0 Å². The highest BCUT2D eigenvalue weighted by Gasteiger charge is 2.25. The number of aromatic nitrogens is 3. The van der Waals surface area contributed by atoms with Crippen LogP contribution in [0.3, 0.4) is 0 Å². The zero-order chi connectivity index (χ0) is 15.7. The molecule has 22 heavy (non-hydrogen) atoms. The third kappa shape index (κ3) is 2.83. The van der Waals surface area contributed by atoms with Crippen LogP contribution in [0.5, 0.6) is 0 Å². The van der Waals surface area contributed by atoms with Crippen LogP contribution in [0.4, 0.5) is 0 Å². The van der Waals surface area contributed by atoms with Crippen LogP contribution in [0.2, 0.25) is 0 Å². The van der Waals surface area contributed by atoms with Crippen molar-refractivity contribution in [3.8, 4) is 0 Å².